The van der Waals surface area contributed by atoms with Crippen molar-refractivity contribution in [3.05, 3.63) is 23.7 Å². The molecule has 0 spiro atoms. The van der Waals surface area contributed by atoms with Crippen LogP contribution < -0.4 is 9.47 Å². The number of hydrogen-bond acceptors (Lipinski definition) is 6. The summed E-state index contributed by atoms with van der Waals surface area (Å²) in [5.41, 5.74) is 0.897. The van der Waals surface area contributed by atoms with E-state index in [1.54, 1.807) is 6.92 Å². The molecule has 0 aliphatic rings. The largest absolute Gasteiger partial charge is 0.479 e. The van der Waals surface area contributed by atoms with Crippen molar-refractivity contribution < 1.29 is 19.4 Å². The Morgan fingerprint density at radius 1 is 1.37 bits per heavy atom. The highest BCUT2D eigenvalue weighted by molar-refractivity contribution is 5.86. The van der Waals surface area contributed by atoms with Gasteiger partial charge in [-0.1, -0.05) is 0 Å². The minimum absolute atomic E-state index is 0.00423. The van der Waals surface area contributed by atoms with Gasteiger partial charge in [-0.3, -0.25) is 0 Å². The maximum Gasteiger partial charge on any atom is 0.354 e. The molecule has 0 unspecified atom stereocenters. The summed E-state index contributed by atoms with van der Waals surface area (Å²) in [6, 6.07) is 1.58. The van der Waals surface area contributed by atoms with E-state index in [0.29, 0.717) is 11.4 Å². The Morgan fingerprint density at radius 3 is 2.68 bits per heavy atom. The van der Waals surface area contributed by atoms with E-state index in [9.17, 15) is 4.79 Å². The number of aromatic carboxylic acids is 1. The number of hydrogen-bond donors (Lipinski definition) is 1. The van der Waals surface area contributed by atoms with Gasteiger partial charge in [0.2, 0.25) is 5.88 Å². The lowest BCUT2D eigenvalue weighted by atomic mass is 10.3. The van der Waals surface area contributed by atoms with Gasteiger partial charge in [0.25, 0.3) is 0 Å². The first-order valence-corrected chi connectivity index (χ1v) is 5.32. The van der Waals surface area contributed by atoms with E-state index >= 15 is 0 Å². The smallest absolute Gasteiger partial charge is 0.354 e. The summed E-state index contributed by atoms with van der Waals surface area (Å²) in [5.74, 6) is -0.920. The molecule has 1 N–H and O–H groups in total. The fourth-order valence-electron chi connectivity index (χ4n) is 1.57. The highest BCUT2D eigenvalue weighted by Gasteiger charge is 2.19. The van der Waals surface area contributed by atoms with E-state index < -0.39 is 5.97 Å². The van der Waals surface area contributed by atoms with Crippen LogP contribution in [0.25, 0.3) is 5.69 Å². The van der Waals surface area contributed by atoms with Crippen LogP contribution in [0.5, 0.6) is 11.9 Å². The highest BCUT2D eigenvalue weighted by Crippen LogP contribution is 2.23. The second-order valence-electron chi connectivity index (χ2n) is 3.64. The van der Waals surface area contributed by atoms with Crippen LogP contribution in [0.4, 0.5) is 0 Å². The maximum atomic E-state index is 11.2. The van der Waals surface area contributed by atoms with Crippen LogP contribution in [0.15, 0.2) is 12.3 Å². The Kier molecular flexibility index (Phi) is 3.32. The Balaban J connectivity index is 2.61. The minimum Gasteiger partial charge on any atom is -0.479 e. The monoisotopic (exact) mass is 264 g/mol. The standard InChI is InChI=1S/C11H12N4O4/c1-6-4-7(10(16)17)15(14-6)8-5-12-11(19-3)13-9(8)18-2/h4-5H,1-3H3,(H,16,17). The molecule has 0 saturated carbocycles. The third-order valence-corrected chi connectivity index (χ3v) is 2.37. The van der Waals surface area contributed by atoms with Gasteiger partial charge in [-0.2, -0.15) is 10.1 Å². The molecule has 0 atom stereocenters. The second kappa shape index (κ2) is 4.92. The first-order chi connectivity index (χ1) is 9.06. The molecule has 2 rings (SSSR count). The summed E-state index contributed by atoms with van der Waals surface area (Å²) in [7, 11) is 2.84. The molecule has 0 radical (unpaired) electrons. The van der Waals surface area contributed by atoms with E-state index in [0.717, 1.165) is 0 Å². The normalized spacial score (nSPS) is 10.3. The third-order valence-electron chi connectivity index (χ3n) is 2.37. The lowest BCUT2D eigenvalue weighted by Gasteiger charge is -2.09. The molecule has 0 saturated heterocycles. The van der Waals surface area contributed by atoms with Gasteiger partial charge in [0.15, 0.2) is 5.69 Å². The van der Waals surface area contributed by atoms with Gasteiger partial charge in [0.05, 0.1) is 26.1 Å². The average Bonchev–Trinajstić information content (AvgIpc) is 2.80. The van der Waals surface area contributed by atoms with Crippen molar-refractivity contribution in [3.63, 3.8) is 0 Å². The van der Waals surface area contributed by atoms with Gasteiger partial charge in [-0.25, -0.2) is 14.5 Å². The molecule has 0 aromatic carbocycles. The summed E-state index contributed by atoms with van der Waals surface area (Å²) < 4.78 is 11.2. The molecule has 0 bridgehead atoms. The molecule has 8 heteroatoms. The van der Waals surface area contributed by atoms with E-state index in [1.165, 1.54) is 31.2 Å². The van der Waals surface area contributed by atoms with Crippen molar-refractivity contribution in [2.45, 2.75) is 6.92 Å². The molecule has 2 aromatic rings. The van der Waals surface area contributed by atoms with Crippen molar-refractivity contribution in [3.8, 4) is 17.6 Å². The van der Waals surface area contributed by atoms with Crippen LogP contribution in [-0.2, 0) is 0 Å². The molecule has 2 heterocycles. The fraction of sp³-hybridized carbons (Fsp3) is 0.273. The molecule has 8 nitrogen and oxygen atoms in total. The van der Waals surface area contributed by atoms with Crippen LogP contribution in [0.1, 0.15) is 16.2 Å². The van der Waals surface area contributed by atoms with Crippen molar-refractivity contribution in [1.29, 1.82) is 0 Å². The van der Waals surface area contributed by atoms with E-state index in [-0.39, 0.29) is 17.6 Å². The van der Waals surface area contributed by atoms with Crippen LogP contribution in [0.3, 0.4) is 0 Å². The Morgan fingerprint density at radius 2 is 2.11 bits per heavy atom. The molecule has 0 aliphatic carbocycles. The van der Waals surface area contributed by atoms with Crippen molar-refractivity contribution in [2.24, 2.45) is 0 Å². The zero-order chi connectivity index (χ0) is 14.0. The van der Waals surface area contributed by atoms with Gasteiger partial charge in [-0.05, 0) is 13.0 Å². The van der Waals surface area contributed by atoms with Crippen LogP contribution in [0.2, 0.25) is 0 Å². The Labute approximate surface area is 108 Å². The predicted octanol–water partition coefficient (Wildman–Crippen LogP) is 0.686. The summed E-state index contributed by atoms with van der Waals surface area (Å²) >= 11 is 0. The average molecular weight is 264 g/mol. The van der Waals surface area contributed by atoms with Gasteiger partial charge >= 0.3 is 12.0 Å². The maximum absolute atomic E-state index is 11.2. The topological polar surface area (TPSA) is 99.4 Å². The molecule has 0 fully saturated rings. The van der Waals surface area contributed by atoms with Gasteiger partial charge in [0, 0.05) is 0 Å². The number of carbonyl (C=O) groups is 1. The van der Waals surface area contributed by atoms with Gasteiger partial charge < -0.3 is 14.6 Å². The number of aromatic nitrogens is 4. The first kappa shape index (κ1) is 12.8. The SMILES string of the molecule is COc1ncc(-n2nc(C)cc2C(=O)O)c(OC)n1. The zero-order valence-electron chi connectivity index (χ0n) is 10.6. The molecular formula is C11H12N4O4. The number of rotatable bonds is 4. The van der Waals surface area contributed by atoms with Crippen molar-refractivity contribution in [2.75, 3.05) is 14.2 Å². The third kappa shape index (κ3) is 2.32. The lowest BCUT2D eigenvalue weighted by molar-refractivity contribution is 0.0687. The van der Waals surface area contributed by atoms with Crippen LogP contribution in [-0.4, -0.2) is 45.0 Å². The van der Waals surface area contributed by atoms with E-state index in [2.05, 4.69) is 15.1 Å². The number of methoxy groups -OCH3 is 2. The molecular weight excluding hydrogens is 252 g/mol. The fourth-order valence-corrected chi connectivity index (χ4v) is 1.57. The quantitative estimate of drug-likeness (QED) is 0.866. The molecule has 2 aromatic heterocycles. The van der Waals surface area contributed by atoms with Gasteiger partial charge in [0.1, 0.15) is 5.69 Å². The van der Waals surface area contributed by atoms with Gasteiger partial charge in [-0.15, -0.1) is 0 Å². The second-order valence-corrected chi connectivity index (χ2v) is 3.64. The molecule has 0 aliphatic heterocycles. The first-order valence-electron chi connectivity index (χ1n) is 5.32. The predicted molar refractivity (Wildman–Crippen MR) is 64.0 cm³/mol. The summed E-state index contributed by atoms with van der Waals surface area (Å²) in [5, 5.41) is 13.2. The van der Waals surface area contributed by atoms with Crippen molar-refractivity contribution in [1.82, 2.24) is 19.7 Å². The van der Waals surface area contributed by atoms with E-state index in [4.69, 9.17) is 14.6 Å². The van der Waals surface area contributed by atoms with Crippen molar-refractivity contribution >= 4 is 5.97 Å². The number of ether oxygens (including phenoxy) is 2. The Bertz CT molecular complexity index is 623. The lowest BCUT2D eigenvalue weighted by Crippen LogP contribution is -2.10. The number of nitrogens with zero attached hydrogens (tertiary/aromatic N) is 4. The molecule has 100 valence electrons. The van der Waals surface area contributed by atoms with E-state index in [1.807, 2.05) is 0 Å². The summed E-state index contributed by atoms with van der Waals surface area (Å²) in [4.78, 5) is 19.1. The zero-order valence-corrected chi connectivity index (χ0v) is 10.6. The Hall–Kier alpha value is -2.64. The molecule has 0 amide bonds. The minimum atomic E-state index is -1.10. The van der Waals surface area contributed by atoms with Crippen LogP contribution >= 0.6 is 0 Å². The number of carboxylic acids is 1. The summed E-state index contributed by atoms with van der Waals surface area (Å²) in [6.45, 7) is 1.69. The van der Waals surface area contributed by atoms with Crippen LogP contribution in [0, 0.1) is 6.92 Å². The number of aryl methyl sites for hydroxylation is 1. The summed E-state index contributed by atoms with van der Waals surface area (Å²) in [6.07, 6.45) is 1.39. The highest BCUT2D eigenvalue weighted by atomic mass is 16.5. The number of carboxylic acid groups (broad SMARTS) is 1. The molecule has 19 heavy (non-hydrogen) atoms.